The van der Waals surface area contributed by atoms with E-state index in [0.717, 1.165) is 5.92 Å². The third kappa shape index (κ3) is 3.76. The van der Waals surface area contributed by atoms with Crippen LogP contribution >= 0.6 is 0 Å². The lowest BCUT2D eigenvalue weighted by atomic mass is 9.87. The van der Waals surface area contributed by atoms with Crippen LogP contribution in [0.5, 0.6) is 5.75 Å². The summed E-state index contributed by atoms with van der Waals surface area (Å²) in [5.74, 6) is 2.70. The summed E-state index contributed by atoms with van der Waals surface area (Å²) in [6.45, 7) is 14.0. The largest absolute Gasteiger partial charge is 0.543 e. The zero-order valence-electron chi connectivity index (χ0n) is 15.5. The van der Waals surface area contributed by atoms with Crippen LogP contribution < -0.4 is 4.43 Å². The zero-order chi connectivity index (χ0) is 16.3. The molecule has 22 heavy (non-hydrogen) atoms. The molecule has 2 atom stereocenters. The Morgan fingerprint density at radius 1 is 1.14 bits per heavy atom. The Balaban J connectivity index is 2.36. The Hall–Kier alpha value is -0.763. The van der Waals surface area contributed by atoms with Gasteiger partial charge in [-0.3, -0.25) is 0 Å². The summed E-state index contributed by atoms with van der Waals surface area (Å²) >= 11 is 0. The van der Waals surface area contributed by atoms with Crippen LogP contribution in [0.4, 0.5) is 0 Å². The van der Waals surface area contributed by atoms with Crippen LogP contribution in [0.3, 0.4) is 0 Å². The van der Waals surface area contributed by atoms with Gasteiger partial charge >= 0.3 is 0 Å². The highest BCUT2D eigenvalue weighted by molar-refractivity contribution is 6.72. The molecule has 2 rings (SSSR count). The average Bonchev–Trinajstić information content (AvgIpc) is 2.81. The SMILES string of the molecule is CCCC(CC)Cc1ccc(C(C)CC)c2c1C[Si](C)(C)O2. The van der Waals surface area contributed by atoms with Crippen LogP contribution in [0.25, 0.3) is 0 Å². The highest BCUT2D eigenvalue weighted by Crippen LogP contribution is 2.42. The summed E-state index contributed by atoms with van der Waals surface area (Å²) in [6, 6.07) is 5.97. The van der Waals surface area contributed by atoms with Crippen LogP contribution in [0.15, 0.2) is 12.1 Å². The lowest BCUT2D eigenvalue weighted by Gasteiger charge is -2.20. The number of fused-ring (bicyclic) bond motifs is 1. The molecule has 1 aliphatic heterocycles. The second kappa shape index (κ2) is 7.21. The summed E-state index contributed by atoms with van der Waals surface area (Å²) in [4.78, 5) is 0. The first kappa shape index (κ1) is 17.6. The Bertz CT molecular complexity index is 507. The smallest absolute Gasteiger partial charge is 0.249 e. The normalized spacial score (nSPS) is 18.6. The van der Waals surface area contributed by atoms with Crippen LogP contribution in [0.2, 0.25) is 13.1 Å². The van der Waals surface area contributed by atoms with Crippen LogP contribution in [0.1, 0.15) is 76.0 Å². The van der Waals surface area contributed by atoms with Crippen molar-refractivity contribution < 1.29 is 4.43 Å². The summed E-state index contributed by atoms with van der Waals surface area (Å²) in [7, 11) is -1.55. The van der Waals surface area contributed by atoms with E-state index >= 15 is 0 Å². The van der Waals surface area contributed by atoms with Gasteiger partial charge in [0, 0.05) is 6.04 Å². The first-order valence-electron chi connectivity index (χ1n) is 9.25. The van der Waals surface area contributed by atoms with Gasteiger partial charge in [-0.1, -0.05) is 59.1 Å². The summed E-state index contributed by atoms with van der Waals surface area (Å²) in [5.41, 5.74) is 4.58. The van der Waals surface area contributed by atoms with Gasteiger partial charge in [-0.05, 0) is 54.5 Å². The van der Waals surface area contributed by atoms with Crippen molar-refractivity contribution in [2.75, 3.05) is 0 Å². The van der Waals surface area contributed by atoms with Crippen molar-refractivity contribution in [1.82, 2.24) is 0 Å². The third-order valence-corrected chi connectivity index (χ3v) is 7.26. The molecule has 0 amide bonds. The maximum absolute atomic E-state index is 6.50. The molecule has 0 aromatic heterocycles. The first-order chi connectivity index (χ1) is 10.4. The predicted octanol–water partition coefficient (Wildman–Crippen LogP) is 6.25. The van der Waals surface area contributed by atoms with Gasteiger partial charge in [0.1, 0.15) is 5.75 Å². The Labute approximate surface area is 138 Å². The monoisotopic (exact) mass is 318 g/mol. The van der Waals surface area contributed by atoms with Gasteiger partial charge < -0.3 is 4.43 Å². The van der Waals surface area contributed by atoms with E-state index in [2.05, 4.69) is 52.9 Å². The number of rotatable bonds is 7. The molecule has 0 aliphatic carbocycles. The summed E-state index contributed by atoms with van der Waals surface area (Å²) in [6.07, 6.45) is 6.35. The summed E-state index contributed by atoms with van der Waals surface area (Å²) in [5, 5.41) is 0. The average molecular weight is 319 g/mol. The molecule has 0 bridgehead atoms. The van der Waals surface area contributed by atoms with Crippen molar-refractivity contribution in [3.8, 4) is 5.75 Å². The quantitative estimate of drug-likeness (QED) is 0.540. The lowest BCUT2D eigenvalue weighted by molar-refractivity contribution is 0.460. The van der Waals surface area contributed by atoms with E-state index in [0.29, 0.717) is 5.92 Å². The fourth-order valence-corrected chi connectivity index (χ4v) is 5.81. The van der Waals surface area contributed by atoms with Gasteiger partial charge in [0.2, 0.25) is 8.32 Å². The molecular formula is C20H34OSi. The summed E-state index contributed by atoms with van der Waals surface area (Å²) < 4.78 is 6.50. The standard InChI is InChI=1S/C20H34OSi/c1-7-10-16(9-3)13-17-11-12-18(15(4)8-2)20-19(17)14-22(5,6)21-20/h11-12,15-16H,7-10,13-14H2,1-6H3. The Morgan fingerprint density at radius 3 is 2.45 bits per heavy atom. The molecule has 1 aromatic carbocycles. The maximum Gasteiger partial charge on any atom is 0.249 e. The van der Waals surface area contributed by atoms with Crippen molar-refractivity contribution in [1.29, 1.82) is 0 Å². The predicted molar refractivity (Wildman–Crippen MR) is 99.4 cm³/mol. The minimum Gasteiger partial charge on any atom is -0.543 e. The van der Waals surface area contributed by atoms with Crippen molar-refractivity contribution in [3.63, 3.8) is 0 Å². The van der Waals surface area contributed by atoms with E-state index in [1.54, 1.807) is 11.1 Å². The minimum atomic E-state index is -1.55. The minimum absolute atomic E-state index is 0.600. The van der Waals surface area contributed by atoms with Gasteiger partial charge in [-0.25, -0.2) is 0 Å². The van der Waals surface area contributed by atoms with Crippen molar-refractivity contribution in [2.45, 2.75) is 84.9 Å². The van der Waals surface area contributed by atoms with E-state index in [1.807, 2.05) is 0 Å². The van der Waals surface area contributed by atoms with Crippen molar-refractivity contribution in [3.05, 3.63) is 28.8 Å². The zero-order valence-corrected chi connectivity index (χ0v) is 16.5. The molecule has 0 saturated heterocycles. The number of hydrogen-bond acceptors (Lipinski definition) is 1. The number of hydrogen-bond donors (Lipinski definition) is 0. The topological polar surface area (TPSA) is 9.23 Å². The third-order valence-electron chi connectivity index (χ3n) is 5.29. The molecule has 0 fully saturated rings. The Kier molecular flexibility index (Phi) is 5.76. The van der Waals surface area contributed by atoms with Crippen molar-refractivity contribution >= 4 is 8.32 Å². The Morgan fingerprint density at radius 2 is 1.86 bits per heavy atom. The van der Waals surface area contributed by atoms with Gasteiger partial charge in [-0.2, -0.15) is 0 Å². The molecule has 1 nitrogen and oxygen atoms in total. The van der Waals surface area contributed by atoms with E-state index in [1.165, 1.54) is 49.5 Å². The van der Waals surface area contributed by atoms with Gasteiger partial charge in [-0.15, -0.1) is 0 Å². The second-order valence-electron chi connectivity index (χ2n) is 7.74. The van der Waals surface area contributed by atoms with Gasteiger partial charge in [0.15, 0.2) is 0 Å². The molecule has 0 N–H and O–H groups in total. The van der Waals surface area contributed by atoms with Crippen LogP contribution in [-0.2, 0) is 12.5 Å². The molecule has 0 saturated carbocycles. The molecule has 124 valence electrons. The molecule has 1 heterocycles. The fourth-order valence-electron chi connectivity index (χ4n) is 3.71. The van der Waals surface area contributed by atoms with Crippen LogP contribution in [-0.4, -0.2) is 8.32 Å². The molecule has 0 radical (unpaired) electrons. The fraction of sp³-hybridized carbons (Fsp3) is 0.700. The van der Waals surface area contributed by atoms with Gasteiger partial charge in [0.25, 0.3) is 0 Å². The molecule has 0 spiro atoms. The molecule has 1 aromatic rings. The first-order valence-corrected chi connectivity index (χ1v) is 12.4. The molecule has 2 heteroatoms. The second-order valence-corrected chi connectivity index (χ2v) is 11.8. The maximum atomic E-state index is 6.50. The highest BCUT2D eigenvalue weighted by atomic mass is 28.4. The highest BCUT2D eigenvalue weighted by Gasteiger charge is 2.37. The molecule has 1 aliphatic rings. The van der Waals surface area contributed by atoms with E-state index in [9.17, 15) is 0 Å². The number of benzene rings is 1. The van der Waals surface area contributed by atoms with E-state index in [-0.39, 0.29) is 0 Å². The molecule has 2 unspecified atom stereocenters. The lowest BCUT2D eigenvalue weighted by Crippen LogP contribution is -2.32. The van der Waals surface area contributed by atoms with Crippen molar-refractivity contribution in [2.24, 2.45) is 5.92 Å². The van der Waals surface area contributed by atoms with Crippen LogP contribution in [0, 0.1) is 5.92 Å². The molecular weight excluding hydrogens is 284 g/mol. The van der Waals surface area contributed by atoms with E-state index < -0.39 is 8.32 Å². The van der Waals surface area contributed by atoms with Gasteiger partial charge in [0.05, 0.1) is 0 Å². The van der Waals surface area contributed by atoms with E-state index in [4.69, 9.17) is 4.43 Å².